The van der Waals surface area contributed by atoms with Crippen molar-refractivity contribution < 1.29 is 13.9 Å². The summed E-state index contributed by atoms with van der Waals surface area (Å²) in [4.78, 5) is 12.3. The standard InChI is InChI=1S/C28H27FN4O2S/c1-20-5-3-4-6-22(20)19-36-28-32-31-26(33(28)24-12-10-23(29)11-13-24)17-18-30-27(34)16-9-21-7-14-25(35-2)15-8-21/h3-16H,17-19H2,1-2H3,(H,30,34). The van der Waals surface area contributed by atoms with E-state index in [4.69, 9.17) is 4.74 Å². The highest BCUT2D eigenvalue weighted by Gasteiger charge is 2.15. The number of hydrogen-bond acceptors (Lipinski definition) is 5. The molecule has 0 atom stereocenters. The summed E-state index contributed by atoms with van der Waals surface area (Å²) in [6, 6.07) is 21.9. The Bertz CT molecular complexity index is 1330. The molecular formula is C28H27FN4O2S. The summed E-state index contributed by atoms with van der Waals surface area (Å²) in [6.45, 7) is 2.46. The summed E-state index contributed by atoms with van der Waals surface area (Å²) in [6.07, 6.45) is 3.71. The van der Waals surface area contributed by atoms with Crippen molar-refractivity contribution >= 4 is 23.7 Å². The summed E-state index contributed by atoms with van der Waals surface area (Å²) < 4.78 is 20.6. The molecule has 0 aliphatic carbocycles. The summed E-state index contributed by atoms with van der Waals surface area (Å²) in [7, 11) is 1.61. The Kier molecular flexibility index (Phi) is 8.52. The number of nitrogens with one attached hydrogen (secondary N) is 1. The number of nitrogens with zero attached hydrogens (tertiary/aromatic N) is 3. The normalized spacial score (nSPS) is 11.1. The average Bonchev–Trinajstić information content (AvgIpc) is 3.30. The lowest BCUT2D eigenvalue weighted by molar-refractivity contribution is -0.116. The fourth-order valence-electron chi connectivity index (χ4n) is 3.56. The summed E-state index contributed by atoms with van der Waals surface area (Å²) in [5, 5.41) is 12.4. The second kappa shape index (κ2) is 12.2. The van der Waals surface area contributed by atoms with Crippen LogP contribution in [-0.2, 0) is 17.0 Å². The molecule has 1 heterocycles. The van der Waals surface area contributed by atoms with E-state index in [0.29, 0.717) is 23.9 Å². The predicted molar refractivity (Wildman–Crippen MR) is 141 cm³/mol. The molecule has 6 nitrogen and oxygen atoms in total. The Morgan fingerprint density at radius 1 is 1.06 bits per heavy atom. The minimum Gasteiger partial charge on any atom is -0.497 e. The third-order valence-corrected chi connectivity index (χ3v) is 6.57. The fourth-order valence-corrected chi connectivity index (χ4v) is 4.61. The first-order valence-corrected chi connectivity index (χ1v) is 12.5. The first-order chi connectivity index (χ1) is 17.5. The molecule has 1 aromatic heterocycles. The van der Waals surface area contributed by atoms with Gasteiger partial charge in [-0.2, -0.15) is 0 Å². The molecule has 3 aromatic carbocycles. The van der Waals surface area contributed by atoms with Crippen molar-refractivity contribution in [2.24, 2.45) is 0 Å². The summed E-state index contributed by atoms with van der Waals surface area (Å²) in [5.74, 6) is 1.68. The zero-order chi connectivity index (χ0) is 25.3. The van der Waals surface area contributed by atoms with Gasteiger partial charge in [0.05, 0.1) is 7.11 Å². The third-order valence-electron chi connectivity index (χ3n) is 5.59. The first-order valence-electron chi connectivity index (χ1n) is 11.5. The van der Waals surface area contributed by atoms with Crippen LogP contribution in [0.4, 0.5) is 4.39 Å². The third kappa shape index (κ3) is 6.60. The van der Waals surface area contributed by atoms with Crippen molar-refractivity contribution in [2.75, 3.05) is 13.7 Å². The molecule has 0 bridgehead atoms. The average molecular weight is 503 g/mol. The van der Waals surface area contributed by atoms with E-state index in [1.807, 2.05) is 41.0 Å². The lowest BCUT2D eigenvalue weighted by Gasteiger charge is -2.11. The van der Waals surface area contributed by atoms with Gasteiger partial charge >= 0.3 is 0 Å². The molecule has 0 fully saturated rings. The molecule has 0 aliphatic heterocycles. The van der Waals surface area contributed by atoms with Crippen LogP contribution in [0.3, 0.4) is 0 Å². The number of amides is 1. The van der Waals surface area contributed by atoms with Crippen molar-refractivity contribution in [2.45, 2.75) is 24.3 Å². The maximum atomic E-state index is 13.6. The molecular weight excluding hydrogens is 475 g/mol. The molecule has 0 saturated carbocycles. The van der Waals surface area contributed by atoms with Crippen molar-refractivity contribution in [3.05, 3.63) is 107 Å². The van der Waals surface area contributed by atoms with Crippen LogP contribution in [0, 0.1) is 12.7 Å². The number of carbonyl (C=O) groups excluding carboxylic acids is 1. The highest BCUT2D eigenvalue weighted by Crippen LogP contribution is 2.26. The molecule has 0 radical (unpaired) electrons. The summed E-state index contributed by atoms with van der Waals surface area (Å²) >= 11 is 1.57. The SMILES string of the molecule is COc1ccc(C=CC(=O)NCCc2nnc(SCc3ccccc3C)n2-c2ccc(F)cc2)cc1. The van der Waals surface area contributed by atoms with Gasteiger partial charge in [0.25, 0.3) is 0 Å². The van der Waals surface area contributed by atoms with Crippen LogP contribution in [0.25, 0.3) is 11.8 Å². The second-order valence-corrected chi connectivity index (χ2v) is 9.02. The molecule has 184 valence electrons. The molecule has 4 rings (SSSR count). The second-order valence-electron chi connectivity index (χ2n) is 8.07. The Balaban J connectivity index is 1.43. The number of benzene rings is 3. The van der Waals surface area contributed by atoms with Gasteiger partial charge in [-0.1, -0.05) is 48.2 Å². The highest BCUT2D eigenvalue weighted by atomic mass is 32.2. The van der Waals surface area contributed by atoms with Crippen molar-refractivity contribution in [3.63, 3.8) is 0 Å². The lowest BCUT2D eigenvalue weighted by Crippen LogP contribution is -2.24. The molecule has 0 saturated heterocycles. The number of thioether (sulfide) groups is 1. The Hall–Kier alpha value is -3.91. The zero-order valence-corrected chi connectivity index (χ0v) is 21.0. The van der Waals surface area contributed by atoms with Gasteiger partial charge in [0.2, 0.25) is 5.91 Å². The molecule has 8 heteroatoms. The number of rotatable bonds is 10. The quantitative estimate of drug-likeness (QED) is 0.233. The topological polar surface area (TPSA) is 69.0 Å². The van der Waals surface area contributed by atoms with Gasteiger partial charge in [-0.15, -0.1) is 10.2 Å². The minimum atomic E-state index is -0.307. The van der Waals surface area contributed by atoms with Gasteiger partial charge in [0, 0.05) is 30.5 Å². The van der Waals surface area contributed by atoms with Gasteiger partial charge in [0.15, 0.2) is 5.16 Å². The maximum absolute atomic E-state index is 13.6. The van der Waals surface area contributed by atoms with E-state index in [9.17, 15) is 9.18 Å². The maximum Gasteiger partial charge on any atom is 0.244 e. The molecule has 36 heavy (non-hydrogen) atoms. The largest absolute Gasteiger partial charge is 0.497 e. The predicted octanol–water partition coefficient (Wildman–Crippen LogP) is 5.39. The number of ether oxygens (including phenoxy) is 1. The van der Waals surface area contributed by atoms with Gasteiger partial charge in [-0.05, 0) is 66.1 Å². The Morgan fingerprint density at radius 2 is 1.81 bits per heavy atom. The van der Waals surface area contributed by atoms with Crippen LogP contribution in [0.1, 0.15) is 22.5 Å². The van der Waals surface area contributed by atoms with E-state index in [1.54, 1.807) is 37.1 Å². The smallest absolute Gasteiger partial charge is 0.244 e. The van der Waals surface area contributed by atoms with E-state index >= 15 is 0 Å². The first kappa shape index (κ1) is 25.2. The van der Waals surface area contributed by atoms with Crippen molar-refractivity contribution in [1.82, 2.24) is 20.1 Å². The van der Waals surface area contributed by atoms with Crippen LogP contribution >= 0.6 is 11.8 Å². The van der Waals surface area contributed by atoms with Crippen LogP contribution in [0.2, 0.25) is 0 Å². The van der Waals surface area contributed by atoms with Gasteiger partial charge in [0.1, 0.15) is 17.4 Å². The molecule has 0 spiro atoms. The summed E-state index contributed by atoms with van der Waals surface area (Å²) in [5.41, 5.74) is 4.10. The molecule has 4 aromatic rings. The van der Waals surface area contributed by atoms with Crippen molar-refractivity contribution in [1.29, 1.82) is 0 Å². The van der Waals surface area contributed by atoms with Crippen LogP contribution < -0.4 is 10.1 Å². The Labute approximate surface area is 214 Å². The van der Waals surface area contributed by atoms with Gasteiger partial charge < -0.3 is 10.1 Å². The van der Waals surface area contributed by atoms with Gasteiger partial charge in [-0.3, -0.25) is 9.36 Å². The van der Waals surface area contributed by atoms with Crippen LogP contribution in [0.15, 0.2) is 84.0 Å². The molecule has 0 unspecified atom stereocenters. The van der Waals surface area contributed by atoms with Crippen molar-refractivity contribution in [3.8, 4) is 11.4 Å². The van der Waals surface area contributed by atoms with Crippen LogP contribution in [-0.4, -0.2) is 34.3 Å². The highest BCUT2D eigenvalue weighted by molar-refractivity contribution is 7.98. The molecule has 1 amide bonds. The molecule has 1 N–H and O–H groups in total. The number of aryl methyl sites for hydroxylation is 1. The number of methoxy groups -OCH3 is 1. The number of carbonyl (C=O) groups is 1. The van der Waals surface area contributed by atoms with Crippen LogP contribution in [0.5, 0.6) is 5.75 Å². The minimum absolute atomic E-state index is 0.201. The zero-order valence-electron chi connectivity index (χ0n) is 20.1. The number of halogens is 1. The monoisotopic (exact) mass is 502 g/mol. The van der Waals surface area contributed by atoms with E-state index in [-0.39, 0.29) is 11.7 Å². The number of hydrogen-bond donors (Lipinski definition) is 1. The van der Waals surface area contributed by atoms with E-state index < -0.39 is 0 Å². The van der Waals surface area contributed by atoms with E-state index in [0.717, 1.165) is 22.8 Å². The number of aromatic nitrogens is 3. The molecule has 0 aliphatic rings. The van der Waals surface area contributed by atoms with Gasteiger partial charge in [-0.25, -0.2) is 4.39 Å². The Morgan fingerprint density at radius 3 is 2.53 bits per heavy atom. The van der Waals surface area contributed by atoms with E-state index in [1.165, 1.54) is 29.3 Å². The lowest BCUT2D eigenvalue weighted by atomic mass is 10.1. The fraction of sp³-hybridized carbons (Fsp3) is 0.179. The van der Waals surface area contributed by atoms with E-state index in [2.05, 4.69) is 34.6 Å².